The maximum absolute atomic E-state index is 12.6. The number of alkyl carbamates (subject to hydrolysis) is 1. The molecular formula is C22H23N3O4. The third kappa shape index (κ3) is 4.74. The lowest BCUT2D eigenvalue weighted by Gasteiger charge is -2.14. The van der Waals surface area contributed by atoms with Gasteiger partial charge in [0, 0.05) is 30.6 Å². The van der Waals surface area contributed by atoms with Crippen molar-refractivity contribution >= 4 is 28.8 Å². The number of anilines is 1. The van der Waals surface area contributed by atoms with Crippen molar-refractivity contribution in [3.05, 3.63) is 60.0 Å². The largest absolute Gasteiger partial charge is 0.445 e. The number of hydrogen-bond donors (Lipinski definition) is 2. The molecule has 1 fully saturated rings. The smallest absolute Gasteiger partial charge is 0.407 e. The van der Waals surface area contributed by atoms with Gasteiger partial charge in [0.2, 0.25) is 5.91 Å². The van der Waals surface area contributed by atoms with Crippen LogP contribution in [0.1, 0.15) is 30.7 Å². The van der Waals surface area contributed by atoms with Crippen LogP contribution < -0.4 is 10.6 Å². The number of ether oxygens (including phenoxy) is 1. The molecule has 0 spiro atoms. The molecule has 150 valence electrons. The number of aryl methyl sites for hydroxylation is 1. The molecule has 7 heteroatoms. The Hall–Kier alpha value is -3.35. The molecule has 1 aromatic heterocycles. The Bertz CT molecular complexity index is 1020. The van der Waals surface area contributed by atoms with Crippen LogP contribution in [-0.4, -0.2) is 23.0 Å². The van der Waals surface area contributed by atoms with Crippen LogP contribution in [0.25, 0.3) is 11.1 Å². The topological polar surface area (TPSA) is 93.5 Å². The summed E-state index contributed by atoms with van der Waals surface area (Å²) in [5.41, 5.74) is 3.02. The summed E-state index contributed by atoms with van der Waals surface area (Å²) in [6, 6.07) is 14.9. The fourth-order valence-electron chi connectivity index (χ4n) is 3.64. The van der Waals surface area contributed by atoms with Gasteiger partial charge in [0.25, 0.3) is 0 Å². The van der Waals surface area contributed by atoms with Gasteiger partial charge in [-0.15, -0.1) is 0 Å². The van der Waals surface area contributed by atoms with Gasteiger partial charge in [-0.2, -0.15) is 0 Å². The molecule has 2 amide bonds. The highest BCUT2D eigenvalue weighted by Gasteiger charge is 2.31. The third-order valence-corrected chi connectivity index (χ3v) is 5.10. The Morgan fingerprint density at radius 1 is 1.17 bits per heavy atom. The summed E-state index contributed by atoms with van der Waals surface area (Å²) in [6.45, 7) is 2.02. The summed E-state index contributed by atoms with van der Waals surface area (Å²) in [4.78, 5) is 28.9. The van der Waals surface area contributed by atoms with E-state index in [2.05, 4.69) is 15.6 Å². The molecule has 3 aromatic rings. The minimum Gasteiger partial charge on any atom is -0.445 e. The van der Waals surface area contributed by atoms with Crippen LogP contribution in [0.5, 0.6) is 0 Å². The number of aromatic nitrogens is 1. The number of benzene rings is 2. The molecule has 1 aliphatic rings. The molecule has 1 saturated carbocycles. The zero-order chi connectivity index (χ0) is 20.2. The Morgan fingerprint density at radius 3 is 2.83 bits per heavy atom. The lowest BCUT2D eigenvalue weighted by Crippen LogP contribution is -2.34. The van der Waals surface area contributed by atoms with Gasteiger partial charge in [-0.1, -0.05) is 30.3 Å². The molecule has 0 unspecified atom stereocenters. The Morgan fingerprint density at radius 2 is 2.00 bits per heavy atom. The lowest BCUT2D eigenvalue weighted by atomic mass is 10.1. The van der Waals surface area contributed by atoms with Gasteiger partial charge in [0.1, 0.15) is 12.1 Å². The van der Waals surface area contributed by atoms with Crippen LogP contribution >= 0.6 is 0 Å². The molecule has 2 N–H and O–H groups in total. The van der Waals surface area contributed by atoms with Crippen LogP contribution in [0.3, 0.4) is 0 Å². The van der Waals surface area contributed by atoms with Crippen molar-refractivity contribution in [1.29, 1.82) is 0 Å². The van der Waals surface area contributed by atoms with E-state index >= 15 is 0 Å². The first kappa shape index (κ1) is 19.0. The van der Waals surface area contributed by atoms with Gasteiger partial charge < -0.3 is 19.8 Å². The molecule has 7 nitrogen and oxygen atoms in total. The van der Waals surface area contributed by atoms with Gasteiger partial charge in [-0.25, -0.2) is 9.78 Å². The van der Waals surface area contributed by atoms with Crippen molar-refractivity contribution in [2.45, 2.75) is 38.8 Å². The van der Waals surface area contributed by atoms with E-state index in [-0.39, 0.29) is 24.5 Å². The van der Waals surface area contributed by atoms with Crippen LogP contribution in [0, 0.1) is 12.8 Å². The van der Waals surface area contributed by atoms with E-state index in [1.54, 1.807) is 13.0 Å². The number of hydrogen-bond acceptors (Lipinski definition) is 5. The Balaban J connectivity index is 1.26. The Kier molecular flexibility index (Phi) is 5.46. The zero-order valence-electron chi connectivity index (χ0n) is 16.2. The molecule has 0 aliphatic heterocycles. The summed E-state index contributed by atoms with van der Waals surface area (Å²) >= 11 is 0. The number of amides is 2. The fraction of sp³-hybridized carbons (Fsp3) is 0.318. The first-order valence-corrected chi connectivity index (χ1v) is 9.72. The fourth-order valence-corrected chi connectivity index (χ4v) is 3.64. The number of carbonyl (C=O) groups is 2. The van der Waals surface area contributed by atoms with E-state index in [1.807, 2.05) is 42.5 Å². The second-order valence-corrected chi connectivity index (χ2v) is 7.32. The number of oxazole rings is 1. The highest BCUT2D eigenvalue weighted by Crippen LogP contribution is 2.28. The molecule has 2 aromatic carbocycles. The maximum atomic E-state index is 12.6. The van der Waals surface area contributed by atoms with Crippen LogP contribution in [0.15, 0.2) is 52.9 Å². The average Bonchev–Trinajstić information content (AvgIpc) is 3.32. The normalized spacial score (nSPS) is 18.5. The van der Waals surface area contributed by atoms with Crippen LogP contribution in [0.4, 0.5) is 10.5 Å². The highest BCUT2D eigenvalue weighted by atomic mass is 16.5. The third-order valence-electron chi connectivity index (χ3n) is 5.10. The summed E-state index contributed by atoms with van der Waals surface area (Å²) in [7, 11) is 0. The predicted octanol–water partition coefficient (Wildman–Crippen LogP) is 4.17. The van der Waals surface area contributed by atoms with E-state index < -0.39 is 6.09 Å². The number of nitrogens with one attached hydrogen (secondary N) is 2. The van der Waals surface area contributed by atoms with Gasteiger partial charge in [-0.3, -0.25) is 4.79 Å². The molecule has 1 heterocycles. The molecule has 0 radical (unpaired) electrons. The molecular weight excluding hydrogens is 370 g/mol. The molecule has 2 atom stereocenters. The number of fused-ring (bicyclic) bond motifs is 1. The SMILES string of the molecule is Cc1nc2ccc(NC(=O)[C@H]3CC[C@H](NC(=O)OCc4ccccc4)C3)cc2o1. The molecule has 0 saturated heterocycles. The molecule has 0 bridgehead atoms. The first-order chi connectivity index (χ1) is 14.1. The number of carbonyl (C=O) groups excluding carboxylic acids is 2. The van der Waals surface area contributed by atoms with Crippen molar-refractivity contribution in [2.75, 3.05) is 5.32 Å². The van der Waals surface area contributed by atoms with E-state index in [1.165, 1.54) is 0 Å². The first-order valence-electron chi connectivity index (χ1n) is 9.72. The highest BCUT2D eigenvalue weighted by molar-refractivity contribution is 5.94. The average molecular weight is 393 g/mol. The van der Waals surface area contributed by atoms with E-state index in [0.29, 0.717) is 23.6 Å². The monoisotopic (exact) mass is 393 g/mol. The van der Waals surface area contributed by atoms with Gasteiger partial charge >= 0.3 is 6.09 Å². The maximum Gasteiger partial charge on any atom is 0.407 e. The Labute approximate surface area is 168 Å². The minimum absolute atomic E-state index is 0.0532. The van der Waals surface area contributed by atoms with Crippen molar-refractivity contribution in [3.8, 4) is 0 Å². The summed E-state index contributed by atoms with van der Waals surface area (Å²) in [5, 5.41) is 5.80. The van der Waals surface area contributed by atoms with E-state index in [9.17, 15) is 9.59 Å². The van der Waals surface area contributed by atoms with Crippen molar-refractivity contribution in [2.24, 2.45) is 5.92 Å². The second kappa shape index (κ2) is 8.34. The van der Waals surface area contributed by atoms with Gasteiger partial charge in [0.15, 0.2) is 11.5 Å². The van der Waals surface area contributed by atoms with Crippen molar-refractivity contribution < 1.29 is 18.7 Å². The van der Waals surface area contributed by atoms with Gasteiger partial charge in [0.05, 0.1) is 0 Å². The summed E-state index contributed by atoms with van der Waals surface area (Å²) in [6.07, 6.45) is 1.61. The zero-order valence-corrected chi connectivity index (χ0v) is 16.2. The van der Waals surface area contributed by atoms with E-state index in [4.69, 9.17) is 9.15 Å². The standard InChI is InChI=1S/C22H23N3O4/c1-14-23-19-10-9-18(12-20(19)29-14)24-21(26)16-7-8-17(11-16)25-22(27)28-13-15-5-3-2-4-6-15/h2-6,9-10,12,16-17H,7-8,11,13H2,1H3,(H,24,26)(H,25,27)/t16-,17-/m0/s1. The number of rotatable bonds is 5. The second-order valence-electron chi connectivity index (χ2n) is 7.32. The quantitative estimate of drug-likeness (QED) is 0.679. The van der Waals surface area contributed by atoms with Gasteiger partial charge in [-0.05, 0) is 37.0 Å². The van der Waals surface area contributed by atoms with E-state index in [0.717, 1.165) is 23.9 Å². The molecule has 4 rings (SSSR count). The lowest BCUT2D eigenvalue weighted by molar-refractivity contribution is -0.119. The molecule has 1 aliphatic carbocycles. The minimum atomic E-state index is -0.453. The summed E-state index contributed by atoms with van der Waals surface area (Å²) in [5.74, 6) is 0.386. The van der Waals surface area contributed by atoms with Crippen LogP contribution in [0.2, 0.25) is 0 Å². The van der Waals surface area contributed by atoms with Crippen molar-refractivity contribution in [3.63, 3.8) is 0 Å². The van der Waals surface area contributed by atoms with Crippen molar-refractivity contribution in [1.82, 2.24) is 10.3 Å². The predicted molar refractivity (Wildman–Crippen MR) is 108 cm³/mol. The number of nitrogens with zero attached hydrogens (tertiary/aromatic N) is 1. The summed E-state index contributed by atoms with van der Waals surface area (Å²) < 4.78 is 10.8. The molecule has 29 heavy (non-hydrogen) atoms. The van der Waals surface area contributed by atoms with Crippen LogP contribution in [-0.2, 0) is 16.1 Å².